The Balaban J connectivity index is 1.75. The van der Waals surface area contributed by atoms with Crippen molar-refractivity contribution in [3.63, 3.8) is 0 Å². The largest absolute Gasteiger partial charge is 0.507 e. The molecule has 0 unspecified atom stereocenters. The van der Waals surface area contributed by atoms with Crippen molar-refractivity contribution in [3.05, 3.63) is 48.0 Å². The summed E-state index contributed by atoms with van der Waals surface area (Å²) in [6.45, 7) is 0.843. The van der Waals surface area contributed by atoms with Crippen molar-refractivity contribution >= 4 is 5.97 Å². The van der Waals surface area contributed by atoms with Gasteiger partial charge in [0.1, 0.15) is 28.6 Å². The standard InChI is InChI=1S/C17H18O6/c1-21-12-3-5-13(6-4-12)22-9-2-10-23-14-7-8-16(18)15(11-14)17(19)20/h3-8,11,18H,2,9-10H2,1H3,(H,19,20). The first-order chi connectivity index (χ1) is 11.1. The first-order valence-electron chi connectivity index (χ1n) is 7.06. The van der Waals surface area contributed by atoms with E-state index in [4.69, 9.17) is 19.3 Å². The number of ether oxygens (including phenoxy) is 3. The number of hydrogen-bond acceptors (Lipinski definition) is 5. The second kappa shape index (κ2) is 7.93. The fraction of sp³-hybridized carbons (Fsp3) is 0.235. The summed E-state index contributed by atoms with van der Waals surface area (Å²) in [6.07, 6.45) is 0.634. The van der Waals surface area contributed by atoms with Gasteiger partial charge in [-0.3, -0.25) is 0 Å². The number of benzene rings is 2. The Morgan fingerprint density at radius 2 is 1.52 bits per heavy atom. The fourth-order valence-corrected chi connectivity index (χ4v) is 1.89. The Labute approximate surface area is 133 Å². The normalized spacial score (nSPS) is 10.1. The van der Waals surface area contributed by atoms with Gasteiger partial charge in [0.25, 0.3) is 0 Å². The first-order valence-corrected chi connectivity index (χ1v) is 7.06. The Hall–Kier alpha value is -2.89. The van der Waals surface area contributed by atoms with Gasteiger partial charge >= 0.3 is 5.97 Å². The second-order valence-corrected chi connectivity index (χ2v) is 4.71. The average molecular weight is 318 g/mol. The predicted molar refractivity (Wildman–Crippen MR) is 83.7 cm³/mol. The Kier molecular flexibility index (Phi) is 5.68. The number of methoxy groups -OCH3 is 1. The molecule has 6 nitrogen and oxygen atoms in total. The lowest BCUT2D eigenvalue weighted by molar-refractivity contribution is 0.0693. The van der Waals surface area contributed by atoms with Crippen LogP contribution in [0.25, 0.3) is 0 Å². The molecule has 0 radical (unpaired) electrons. The number of carboxylic acid groups (broad SMARTS) is 1. The molecule has 2 aromatic rings. The minimum Gasteiger partial charge on any atom is -0.507 e. The highest BCUT2D eigenvalue weighted by atomic mass is 16.5. The highest BCUT2D eigenvalue weighted by Gasteiger charge is 2.10. The molecule has 0 saturated heterocycles. The van der Waals surface area contributed by atoms with E-state index in [0.29, 0.717) is 25.4 Å². The number of hydrogen-bond donors (Lipinski definition) is 2. The molecule has 0 saturated carbocycles. The van der Waals surface area contributed by atoms with Gasteiger partial charge < -0.3 is 24.4 Å². The Morgan fingerprint density at radius 1 is 0.957 bits per heavy atom. The van der Waals surface area contributed by atoms with E-state index in [9.17, 15) is 9.90 Å². The third kappa shape index (κ3) is 4.81. The number of aromatic carboxylic acids is 1. The maximum atomic E-state index is 10.9. The summed E-state index contributed by atoms with van der Waals surface area (Å²) in [5.74, 6) is 0.416. The van der Waals surface area contributed by atoms with Crippen LogP contribution >= 0.6 is 0 Å². The Morgan fingerprint density at radius 3 is 2.13 bits per heavy atom. The third-order valence-corrected chi connectivity index (χ3v) is 3.08. The van der Waals surface area contributed by atoms with Gasteiger partial charge in [-0.2, -0.15) is 0 Å². The molecule has 0 heterocycles. The average Bonchev–Trinajstić information content (AvgIpc) is 2.56. The third-order valence-electron chi connectivity index (χ3n) is 3.08. The molecule has 0 aromatic heterocycles. The molecule has 0 amide bonds. The van der Waals surface area contributed by atoms with Crippen molar-refractivity contribution in [3.8, 4) is 23.0 Å². The van der Waals surface area contributed by atoms with E-state index in [1.165, 1.54) is 18.2 Å². The van der Waals surface area contributed by atoms with Crippen LogP contribution in [0, 0.1) is 0 Å². The zero-order chi connectivity index (χ0) is 16.7. The van der Waals surface area contributed by atoms with Crippen LogP contribution in [0.4, 0.5) is 0 Å². The van der Waals surface area contributed by atoms with E-state index < -0.39 is 5.97 Å². The monoisotopic (exact) mass is 318 g/mol. The van der Waals surface area contributed by atoms with Crippen LogP contribution in [-0.2, 0) is 0 Å². The number of phenols is 1. The molecule has 0 aliphatic heterocycles. The van der Waals surface area contributed by atoms with Crippen LogP contribution in [0.3, 0.4) is 0 Å². The van der Waals surface area contributed by atoms with Crippen LogP contribution in [0.5, 0.6) is 23.0 Å². The molecule has 0 spiro atoms. The summed E-state index contributed by atoms with van der Waals surface area (Å²) < 4.78 is 16.1. The number of rotatable bonds is 8. The molecule has 2 aromatic carbocycles. The summed E-state index contributed by atoms with van der Waals surface area (Å²) in [6, 6.07) is 11.4. The van der Waals surface area contributed by atoms with Crippen molar-refractivity contribution in [2.45, 2.75) is 6.42 Å². The lowest BCUT2D eigenvalue weighted by Gasteiger charge is -2.09. The minimum atomic E-state index is -1.20. The lowest BCUT2D eigenvalue weighted by Crippen LogP contribution is -2.05. The molecule has 0 bridgehead atoms. The predicted octanol–water partition coefficient (Wildman–Crippen LogP) is 2.95. The number of aromatic hydroxyl groups is 1. The van der Waals surface area contributed by atoms with Crippen LogP contribution in [0.2, 0.25) is 0 Å². The number of carboxylic acids is 1. The van der Waals surface area contributed by atoms with Crippen LogP contribution in [0.15, 0.2) is 42.5 Å². The van der Waals surface area contributed by atoms with Gasteiger partial charge in [0.05, 0.1) is 20.3 Å². The molecule has 0 fully saturated rings. The topological polar surface area (TPSA) is 85.2 Å². The zero-order valence-corrected chi connectivity index (χ0v) is 12.7. The summed E-state index contributed by atoms with van der Waals surface area (Å²) >= 11 is 0. The molecule has 122 valence electrons. The quantitative estimate of drug-likeness (QED) is 0.728. The van der Waals surface area contributed by atoms with Crippen molar-refractivity contribution in [1.29, 1.82) is 0 Å². The summed E-state index contributed by atoms with van der Waals surface area (Å²) in [5, 5.41) is 18.3. The van der Waals surface area contributed by atoms with Gasteiger partial charge in [0.2, 0.25) is 0 Å². The molecule has 0 aliphatic rings. The highest BCUT2D eigenvalue weighted by Crippen LogP contribution is 2.23. The molecule has 23 heavy (non-hydrogen) atoms. The van der Waals surface area contributed by atoms with Crippen LogP contribution < -0.4 is 14.2 Å². The van der Waals surface area contributed by atoms with Gasteiger partial charge in [-0.25, -0.2) is 4.79 Å². The van der Waals surface area contributed by atoms with Crippen LogP contribution in [0.1, 0.15) is 16.8 Å². The van der Waals surface area contributed by atoms with Gasteiger partial charge in [-0.15, -0.1) is 0 Å². The maximum absolute atomic E-state index is 10.9. The van der Waals surface area contributed by atoms with Crippen molar-refractivity contribution in [1.82, 2.24) is 0 Å². The maximum Gasteiger partial charge on any atom is 0.339 e. The van der Waals surface area contributed by atoms with E-state index in [2.05, 4.69) is 0 Å². The molecule has 2 N–H and O–H groups in total. The highest BCUT2D eigenvalue weighted by molar-refractivity contribution is 5.91. The SMILES string of the molecule is COc1ccc(OCCCOc2ccc(O)c(C(=O)O)c2)cc1. The molecular formula is C17H18O6. The molecule has 0 atom stereocenters. The molecule has 0 aliphatic carbocycles. The summed E-state index contributed by atoms with van der Waals surface area (Å²) in [7, 11) is 1.60. The molecular weight excluding hydrogens is 300 g/mol. The fourth-order valence-electron chi connectivity index (χ4n) is 1.89. The first kappa shape index (κ1) is 16.5. The summed E-state index contributed by atoms with van der Waals surface area (Å²) in [4.78, 5) is 10.9. The Bertz CT molecular complexity index is 651. The molecule has 2 rings (SSSR count). The van der Waals surface area contributed by atoms with Crippen molar-refractivity contribution in [2.24, 2.45) is 0 Å². The van der Waals surface area contributed by atoms with Gasteiger partial charge in [0, 0.05) is 6.42 Å². The molecule has 6 heteroatoms. The number of carbonyl (C=O) groups is 1. The van der Waals surface area contributed by atoms with Crippen molar-refractivity contribution in [2.75, 3.05) is 20.3 Å². The second-order valence-electron chi connectivity index (χ2n) is 4.71. The van der Waals surface area contributed by atoms with E-state index in [0.717, 1.165) is 11.5 Å². The smallest absolute Gasteiger partial charge is 0.339 e. The minimum absolute atomic E-state index is 0.183. The zero-order valence-electron chi connectivity index (χ0n) is 12.7. The lowest BCUT2D eigenvalue weighted by atomic mass is 10.2. The van der Waals surface area contributed by atoms with Crippen LogP contribution in [-0.4, -0.2) is 36.5 Å². The van der Waals surface area contributed by atoms with Gasteiger partial charge in [0.15, 0.2) is 0 Å². The van der Waals surface area contributed by atoms with Gasteiger partial charge in [-0.05, 0) is 42.5 Å². The van der Waals surface area contributed by atoms with E-state index in [1.807, 2.05) is 24.3 Å². The van der Waals surface area contributed by atoms with E-state index in [1.54, 1.807) is 7.11 Å². The summed E-state index contributed by atoms with van der Waals surface area (Å²) in [5.41, 5.74) is -0.183. The van der Waals surface area contributed by atoms with E-state index >= 15 is 0 Å². The van der Waals surface area contributed by atoms with E-state index in [-0.39, 0.29) is 11.3 Å². The van der Waals surface area contributed by atoms with Crippen molar-refractivity contribution < 1.29 is 29.2 Å². The van der Waals surface area contributed by atoms with Gasteiger partial charge in [-0.1, -0.05) is 0 Å².